The average Bonchev–Trinajstić information content (AvgIpc) is 3.13. The molecule has 0 unspecified atom stereocenters. The maximum absolute atomic E-state index is 12.9. The number of rotatable bonds is 10. The summed E-state index contributed by atoms with van der Waals surface area (Å²) < 4.78 is 17.3. The fourth-order valence-electron chi connectivity index (χ4n) is 3.46. The summed E-state index contributed by atoms with van der Waals surface area (Å²) in [6.45, 7) is 2.72. The third-order valence-electron chi connectivity index (χ3n) is 5.21. The Balaban J connectivity index is 1.46. The molecule has 0 N–H and O–H groups in total. The average molecular weight is 579 g/mol. The van der Waals surface area contributed by atoms with Crippen LogP contribution in [0.1, 0.15) is 18.1 Å². The number of halogens is 3. The second kappa shape index (κ2) is 12.6. The fourth-order valence-corrected chi connectivity index (χ4v) is 4.92. The standard InChI is InChI=1S/C27H22Cl3NO5S/c1-2-34-23-14-18(13-21(30)25(23)36-16-17-7-9-19(28)10-8-17)15-24-26(32)31(27(33)37-24)11-12-35-22-6-4-3-5-20(22)29/h3-10,13-15H,2,11-12,16H2,1H3/b24-15-. The van der Waals surface area contributed by atoms with Gasteiger partial charge in [-0.05, 0) is 72.3 Å². The summed E-state index contributed by atoms with van der Waals surface area (Å²) in [4.78, 5) is 26.8. The smallest absolute Gasteiger partial charge is 0.293 e. The minimum Gasteiger partial charge on any atom is -0.490 e. The van der Waals surface area contributed by atoms with Crippen LogP contribution in [0.3, 0.4) is 0 Å². The van der Waals surface area contributed by atoms with E-state index in [9.17, 15) is 9.59 Å². The van der Waals surface area contributed by atoms with Crippen LogP contribution in [-0.4, -0.2) is 35.8 Å². The molecule has 10 heteroatoms. The Bertz CT molecular complexity index is 1330. The van der Waals surface area contributed by atoms with Crippen molar-refractivity contribution in [2.75, 3.05) is 19.8 Å². The Morgan fingerprint density at radius 1 is 0.892 bits per heavy atom. The molecule has 4 rings (SSSR count). The van der Waals surface area contributed by atoms with Crippen molar-refractivity contribution < 1.29 is 23.8 Å². The lowest BCUT2D eigenvalue weighted by atomic mass is 10.1. The van der Waals surface area contributed by atoms with Crippen molar-refractivity contribution in [2.45, 2.75) is 13.5 Å². The zero-order valence-electron chi connectivity index (χ0n) is 19.7. The molecule has 192 valence electrons. The van der Waals surface area contributed by atoms with Gasteiger partial charge >= 0.3 is 0 Å². The first kappa shape index (κ1) is 27.2. The Labute approximate surface area is 234 Å². The maximum atomic E-state index is 12.9. The Morgan fingerprint density at radius 3 is 2.38 bits per heavy atom. The first-order valence-corrected chi connectivity index (χ1v) is 13.3. The van der Waals surface area contributed by atoms with Crippen molar-refractivity contribution in [3.8, 4) is 17.2 Å². The van der Waals surface area contributed by atoms with Gasteiger partial charge in [-0.3, -0.25) is 14.5 Å². The van der Waals surface area contributed by atoms with Crippen molar-refractivity contribution in [1.82, 2.24) is 4.90 Å². The highest BCUT2D eigenvalue weighted by molar-refractivity contribution is 8.18. The second-order valence-electron chi connectivity index (χ2n) is 7.79. The summed E-state index contributed by atoms with van der Waals surface area (Å²) in [5, 5.41) is 1.04. The van der Waals surface area contributed by atoms with Crippen molar-refractivity contribution in [1.29, 1.82) is 0 Å². The number of hydrogen-bond donors (Lipinski definition) is 0. The van der Waals surface area contributed by atoms with Gasteiger partial charge in [0.25, 0.3) is 11.1 Å². The number of amides is 2. The number of hydrogen-bond acceptors (Lipinski definition) is 6. The zero-order chi connectivity index (χ0) is 26.4. The van der Waals surface area contributed by atoms with Crippen LogP contribution in [0.4, 0.5) is 4.79 Å². The highest BCUT2D eigenvalue weighted by Crippen LogP contribution is 2.39. The van der Waals surface area contributed by atoms with Gasteiger partial charge in [-0.25, -0.2) is 0 Å². The highest BCUT2D eigenvalue weighted by Gasteiger charge is 2.35. The molecule has 0 aliphatic carbocycles. The highest BCUT2D eigenvalue weighted by atomic mass is 35.5. The SMILES string of the molecule is CCOc1cc(/C=C2\SC(=O)N(CCOc3ccccc3Cl)C2=O)cc(Cl)c1OCc1ccc(Cl)cc1. The van der Waals surface area contributed by atoms with Gasteiger partial charge < -0.3 is 14.2 Å². The largest absolute Gasteiger partial charge is 0.490 e. The Morgan fingerprint density at radius 2 is 1.65 bits per heavy atom. The molecule has 0 saturated carbocycles. The number of para-hydroxylation sites is 1. The number of benzene rings is 3. The van der Waals surface area contributed by atoms with Crippen LogP contribution in [0.25, 0.3) is 6.08 Å². The van der Waals surface area contributed by atoms with E-state index >= 15 is 0 Å². The van der Waals surface area contributed by atoms with Crippen LogP contribution in [0.5, 0.6) is 17.2 Å². The molecule has 1 heterocycles. The lowest BCUT2D eigenvalue weighted by Gasteiger charge is -2.15. The minimum atomic E-state index is -0.407. The lowest BCUT2D eigenvalue weighted by molar-refractivity contribution is -0.123. The quantitative estimate of drug-likeness (QED) is 0.229. The fraction of sp³-hybridized carbons (Fsp3) is 0.185. The van der Waals surface area contributed by atoms with Gasteiger partial charge in [0.15, 0.2) is 11.5 Å². The minimum absolute atomic E-state index is 0.0929. The molecule has 1 aliphatic heterocycles. The molecule has 0 spiro atoms. The predicted octanol–water partition coefficient (Wildman–Crippen LogP) is 7.74. The van der Waals surface area contributed by atoms with E-state index in [1.54, 1.807) is 54.6 Å². The van der Waals surface area contributed by atoms with Gasteiger partial charge in [-0.15, -0.1) is 0 Å². The zero-order valence-corrected chi connectivity index (χ0v) is 22.8. The van der Waals surface area contributed by atoms with E-state index in [1.807, 2.05) is 19.1 Å². The molecule has 1 fully saturated rings. The number of imide groups is 1. The van der Waals surface area contributed by atoms with Crippen LogP contribution in [0.2, 0.25) is 15.1 Å². The maximum Gasteiger partial charge on any atom is 0.293 e. The molecule has 1 saturated heterocycles. The number of nitrogens with zero attached hydrogens (tertiary/aromatic N) is 1. The van der Waals surface area contributed by atoms with Crippen molar-refractivity contribution in [3.63, 3.8) is 0 Å². The van der Waals surface area contributed by atoms with Crippen LogP contribution in [0, 0.1) is 0 Å². The van der Waals surface area contributed by atoms with Crippen LogP contribution >= 0.6 is 46.6 Å². The van der Waals surface area contributed by atoms with Crippen molar-refractivity contribution in [3.05, 3.63) is 91.8 Å². The molecule has 6 nitrogen and oxygen atoms in total. The second-order valence-corrected chi connectivity index (χ2v) is 10.0. The number of thioether (sulfide) groups is 1. The third kappa shape index (κ3) is 6.93. The third-order valence-corrected chi connectivity index (χ3v) is 6.96. The molecule has 3 aromatic carbocycles. The van der Waals surface area contributed by atoms with Gasteiger partial charge in [-0.1, -0.05) is 59.1 Å². The molecule has 3 aromatic rings. The first-order chi connectivity index (χ1) is 17.9. The molecule has 37 heavy (non-hydrogen) atoms. The monoisotopic (exact) mass is 577 g/mol. The van der Waals surface area contributed by atoms with E-state index in [4.69, 9.17) is 49.0 Å². The van der Waals surface area contributed by atoms with E-state index in [0.29, 0.717) is 44.5 Å². The molecule has 2 amide bonds. The number of carbonyl (C=O) groups is 2. The molecular weight excluding hydrogens is 557 g/mol. The Hall–Kier alpha value is -2.84. The van der Waals surface area contributed by atoms with Crippen molar-refractivity contribution in [2.24, 2.45) is 0 Å². The van der Waals surface area contributed by atoms with E-state index in [0.717, 1.165) is 22.2 Å². The van der Waals surface area contributed by atoms with Crippen LogP contribution < -0.4 is 14.2 Å². The summed E-state index contributed by atoms with van der Waals surface area (Å²) in [7, 11) is 0. The van der Waals surface area contributed by atoms with Gasteiger partial charge in [-0.2, -0.15) is 0 Å². The van der Waals surface area contributed by atoms with Gasteiger partial charge in [0.05, 0.1) is 28.1 Å². The normalized spacial score (nSPS) is 14.4. The molecule has 0 radical (unpaired) electrons. The number of carbonyl (C=O) groups excluding carboxylic acids is 2. The van der Waals surface area contributed by atoms with E-state index in [1.165, 1.54) is 0 Å². The predicted molar refractivity (Wildman–Crippen MR) is 148 cm³/mol. The Kier molecular flexibility index (Phi) is 9.27. The lowest BCUT2D eigenvalue weighted by Crippen LogP contribution is -2.32. The summed E-state index contributed by atoms with van der Waals surface area (Å²) >= 11 is 19.4. The van der Waals surface area contributed by atoms with Gasteiger partial charge in [0.2, 0.25) is 0 Å². The van der Waals surface area contributed by atoms with Crippen LogP contribution in [-0.2, 0) is 11.4 Å². The summed E-state index contributed by atoms with van der Waals surface area (Å²) in [5.74, 6) is 0.904. The summed E-state index contributed by atoms with van der Waals surface area (Å²) in [6, 6.07) is 17.7. The molecular formula is C27H22Cl3NO5S. The summed E-state index contributed by atoms with van der Waals surface area (Å²) in [6.07, 6.45) is 1.61. The first-order valence-electron chi connectivity index (χ1n) is 11.3. The molecule has 0 atom stereocenters. The van der Waals surface area contributed by atoms with Crippen molar-refractivity contribution >= 4 is 63.8 Å². The van der Waals surface area contributed by atoms with Gasteiger partial charge in [0, 0.05) is 5.02 Å². The number of ether oxygens (including phenoxy) is 3. The molecule has 0 aromatic heterocycles. The van der Waals surface area contributed by atoms with E-state index in [2.05, 4.69) is 0 Å². The van der Waals surface area contributed by atoms with E-state index < -0.39 is 5.91 Å². The topological polar surface area (TPSA) is 65.1 Å². The van der Waals surface area contributed by atoms with Crippen LogP contribution in [0.15, 0.2) is 65.6 Å². The van der Waals surface area contributed by atoms with E-state index in [-0.39, 0.29) is 29.9 Å². The van der Waals surface area contributed by atoms with Gasteiger partial charge in [0.1, 0.15) is 19.0 Å². The molecule has 1 aliphatic rings. The molecule has 0 bridgehead atoms. The summed E-state index contributed by atoms with van der Waals surface area (Å²) in [5.41, 5.74) is 1.52.